The fraction of sp³-hybridized carbons (Fsp3) is 0.300. The molecule has 3 aromatic rings. The Kier molecular flexibility index (Phi) is 5.32. The number of benzene rings is 2. The molecule has 7 heteroatoms. The molecule has 0 aliphatic carbocycles. The largest absolute Gasteiger partial charge is 0.380 e. The number of imidazole rings is 1. The lowest BCUT2D eigenvalue weighted by molar-refractivity contribution is 0.123. The summed E-state index contributed by atoms with van der Waals surface area (Å²) in [5, 5.41) is 9.08. The minimum Gasteiger partial charge on any atom is -0.380 e. The number of amides is 2. The van der Waals surface area contributed by atoms with Gasteiger partial charge < -0.3 is 20.7 Å². The summed E-state index contributed by atoms with van der Waals surface area (Å²) in [4.78, 5) is 16.5. The van der Waals surface area contributed by atoms with Crippen molar-refractivity contribution in [2.45, 2.75) is 0 Å². The van der Waals surface area contributed by atoms with Gasteiger partial charge in [0, 0.05) is 36.9 Å². The van der Waals surface area contributed by atoms with Crippen LogP contribution in [0.2, 0.25) is 0 Å². The predicted molar refractivity (Wildman–Crippen MR) is 105 cm³/mol. The standard InChI is InChI=1S/C20H23N5O2/c26-20(22-12-15-11-21-9-10-27-13-15)24-16-5-7-17(8-6-16)25-14-23-18-3-1-2-4-19(18)25/h1-8,14-15,21H,9-13H2,(H2,22,24,26)/t15-/m0/s1. The maximum absolute atomic E-state index is 12.1. The van der Waals surface area contributed by atoms with E-state index in [4.69, 9.17) is 4.74 Å². The van der Waals surface area contributed by atoms with Gasteiger partial charge >= 0.3 is 6.03 Å². The summed E-state index contributed by atoms with van der Waals surface area (Å²) < 4.78 is 7.52. The molecule has 1 fully saturated rings. The summed E-state index contributed by atoms with van der Waals surface area (Å²) >= 11 is 0. The second-order valence-electron chi connectivity index (χ2n) is 6.63. The molecule has 4 rings (SSSR count). The van der Waals surface area contributed by atoms with Gasteiger partial charge in [0.15, 0.2) is 0 Å². The van der Waals surface area contributed by atoms with E-state index in [0.717, 1.165) is 42.1 Å². The highest BCUT2D eigenvalue weighted by atomic mass is 16.5. The Morgan fingerprint density at radius 1 is 1.22 bits per heavy atom. The van der Waals surface area contributed by atoms with Gasteiger partial charge in [0.25, 0.3) is 0 Å². The van der Waals surface area contributed by atoms with Crippen LogP contribution < -0.4 is 16.0 Å². The molecule has 7 nitrogen and oxygen atoms in total. The van der Waals surface area contributed by atoms with Crippen LogP contribution in [0.4, 0.5) is 10.5 Å². The smallest absolute Gasteiger partial charge is 0.319 e. The van der Waals surface area contributed by atoms with Crippen LogP contribution in [0, 0.1) is 5.92 Å². The third kappa shape index (κ3) is 4.27. The van der Waals surface area contributed by atoms with Crippen molar-refractivity contribution >= 4 is 22.8 Å². The van der Waals surface area contributed by atoms with E-state index in [1.165, 1.54) is 0 Å². The lowest BCUT2D eigenvalue weighted by atomic mass is 10.1. The maximum Gasteiger partial charge on any atom is 0.319 e. The first kappa shape index (κ1) is 17.5. The first-order valence-electron chi connectivity index (χ1n) is 9.15. The summed E-state index contributed by atoms with van der Waals surface area (Å²) in [5.74, 6) is 0.287. The SMILES string of the molecule is O=C(NC[C@@H]1CNCCOC1)Nc1ccc(-n2cnc3ccccc32)cc1. The van der Waals surface area contributed by atoms with Gasteiger partial charge in [0.1, 0.15) is 6.33 Å². The second-order valence-corrected chi connectivity index (χ2v) is 6.63. The van der Waals surface area contributed by atoms with Crippen molar-refractivity contribution in [2.24, 2.45) is 5.92 Å². The van der Waals surface area contributed by atoms with Crippen LogP contribution in [0.25, 0.3) is 16.7 Å². The number of carbonyl (C=O) groups is 1. The van der Waals surface area contributed by atoms with E-state index >= 15 is 0 Å². The minimum absolute atomic E-state index is 0.208. The number of para-hydroxylation sites is 2. The molecule has 1 aromatic heterocycles. The maximum atomic E-state index is 12.1. The number of aromatic nitrogens is 2. The number of hydrogen-bond donors (Lipinski definition) is 3. The number of ether oxygens (including phenoxy) is 1. The number of anilines is 1. The van der Waals surface area contributed by atoms with Crippen molar-refractivity contribution in [3.8, 4) is 5.69 Å². The molecular formula is C20H23N5O2. The zero-order valence-corrected chi connectivity index (χ0v) is 15.0. The molecule has 0 saturated carbocycles. The average molecular weight is 365 g/mol. The molecule has 1 atom stereocenters. The van der Waals surface area contributed by atoms with Gasteiger partial charge in [-0.3, -0.25) is 4.57 Å². The van der Waals surface area contributed by atoms with E-state index in [2.05, 4.69) is 20.9 Å². The first-order chi connectivity index (χ1) is 13.3. The molecule has 1 aliphatic rings. The van der Waals surface area contributed by atoms with E-state index in [1.54, 1.807) is 0 Å². The van der Waals surface area contributed by atoms with Crippen molar-refractivity contribution in [1.82, 2.24) is 20.2 Å². The van der Waals surface area contributed by atoms with Crippen LogP contribution in [-0.2, 0) is 4.74 Å². The quantitative estimate of drug-likeness (QED) is 0.663. The Hall–Kier alpha value is -2.90. The molecule has 2 heterocycles. The molecule has 2 amide bonds. The van der Waals surface area contributed by atoms with Gasteiger partial charge in [0.05, 0.1) is 24.2 Å². The monoisotopic (exact) mass is 365 g/mol. The van der Waals surface area contributed by atoms with Crippen molar-refractivity contribution in [2.75, 3.05) is 38.2 Å². The topological polar surface area (TPSA) is 80.2 Å². The number of nitrogens with zero attached hydrogens (tertiary/aromatic N) is 2. The van der Waals surface area contributed by atoms with Crippen molar-refractivity contribution in [3.63, 3.8) is 0 Å². The summed E-state index contributed by atoms with van der Waals surface area (Å²) in [6.45, 7) is 3.69. The average Bonchev–Trinajstić information content (AvgIpc) is 2.95. The molecule has 2 aromatic carbocycles. The molecule has 0 unspecified atom stereocenters. The van der Waals surface area contributed by atoms with Gasteiger partial charge in [-0.15, -0.1) is 0 Å². The van der Waals surface area contributed by atoms with Gasteiger partial charge in [-0.1, -0.05) is 12.1 Å². The second kappa shape index (κ2) is 8.20. The fourth-order valence-corrected chi connectivity index (χ4v) is 3.17. The highest BCUT2D eigenvalue weighted by Crippen LogP contribution is 2.19. The van der Waals surface area contributed by atoms with E-state index in [1.807, 2.05) is 59.4 Å². The lowest BCUT2D eigenvalue weighted by Gasteiger charge is -2.15. The van der Waals surface area contributed by atoms with Gasteiger partial charge in [0.2, 0.25) is 0 Å². The number of fused-ring (bicyclic) bond motifs is 1. The van der Waals surface area contributed by atoms with Crippen molar-refractivity contribution in [1.29, 1.82) is 0 Å². The van der Waals surface area contributed by atoms with Crippen LogP contribution in [0.3, 0.4) is 0 Å². The molecule has 140 valence electrons. The van der Waals surface area contributed by atoms with Crippen LogP contribution in [0.15, 0.2) is 54.9 Å². The molecule has 3 N–H and O–H groups in total. The molecule has 1 saturated heterocycles. The number of carbonyl (C=O) groups excluding carboxylic acids is 1. The van der Waals surface area contributed by atoms with Crippen LogP contribution in [0.5, 0.6) is 0 Å². The van der Waals surface area contributed by atoms with Crippen molar-refractivity contribution < 1.29 is 9.53 Å². The Bertz CT molecular complexity index is 898. The third-order valence-corrected chi connectivity index (χ3v) is 4.62. The van der Waals surface area contributed by atoms with Crippen LogP contribution >= 0.6 is 0 Å². The van der Waals surface area contributed by atoms with E-state index in [-0.39, 0.29) is 11.9 Å². The van der Waals surface area contributed by atoms with E-state index in [9.17, 15) is 4.79 Å². The van der Waals surface area contributed by atoms with Crippen LogP contribution in [-0.4, -0.2) is 48.4 Å². The zero-order valence-electron chi connectivity index (χ0n) is 15.0. The predicted octanol–water partition coefficient (Wildman–Crippen LogP) is 2.38. The lowest BCUT2D eigenvalue weighted by Crippen LogP contribution is -2.37. The number of rotatable bonds is 4. The Morgan fingerprint density at radius 3 is 2.96 bits per heavy atom. The highest BCUT2D eigenvalue weighted by molar-refractivity contribution is 5.89. The number of urea groups is 1. The third-order valence-electron chi connectivity index (χ3n) is 4.62. The molecule has 0 bridgehead atoms. The van der Waals surface area contributed by atoms with Gasteiger partial charge in [-0.2, -0.15) is 0 Å². The minimum atomic E-state index is -0.208. The van der Waals surface area contributed by atoms with Gasteiger partial charge in [-0.05, 0) is 36.4 Å². The van der Waals surface area contributed by atoms with Crippen molar-refractivity contribution in [3.05, 3.63) is 54.9 Å². The molecule has 0 spiro atoms. The summed E-state index contributed by atoms with van der Waals surface area (Å²) in [6.07, 6.45) is 1.81. The number of nitrogens with one attached hydrogen (secondary N) is 3. The summed E-state index contributed by atoms with van der Waals surface area (Å²) in [6, 6.07) is 15.5. The summed E-state index contributed by atoms with van der Waals surface area (Å²) in [5.41, 5.74) is 3.75. The van der Waals surface area contributed by atoms with Gasteiger partial charge in [-0.25, -0.2) is 9.78 Å². The Labute approximate surface area is 157 Å². The molecule has 27 heavy (non-hydrogen) atoms. The highest BCUT2D eigenvalue weighted by Gasteiger charge is 2.13. The zero-order chi connectivity index (χ0) is 18.5. The normalized spacial score (nSPS) is 17.4. The number of hydrogen-bond acceptors (Lipinski definition) is 4. The summed E-state index contributed by atoms with van der Waals surface area (Å²) in [7, 11) is 0. The van der Waals surface area contributed by atoms with Crippen LogP contribution in [0.1, 0.15) is 0 Å². The Balaban J connectivity index is 1.35. The molecule has 1 aliphatic heterocycles. The molecular weight excluding hydrogens is 342 g/mol. The van der Waals surface area contributed by atoms with E-state index in [0.29, 0.717) is 13.2 Å². The Morgan fingerprint density at radius 2 is 2.07 bits per heavy atom. The fourth-order valence-electron chi connectivity index (χ4n) is 3.17. The first-order valence-corrected chi connectivity index (χ1v) is 9.15. The van der Waals surface area contributed by atoms with E-state index < -0.39 is 0 Å². The molecule has 0 radical (unpaired) electrons.